The summed E-state index contributed by atoms with van der Waals surface area (Å²) in [4.78, 5) is 14.5. The molecule has 1 fully saturated rings. The van der Waals surface area contributed by atoms with E-state index in [0.717, 1.165) is 25.9 Å². The Hall–Kier alpha value is -0.370. The summed E-state index contributed by atoms with van der Waals surface area (Å²) < 4.78 is 0. The number of hydrogen-bond acceptors (Lipinski definition) is 2. The summed E-state index contributed by atoms with van der Waals surface area (Å²) in [5, 5.41) is 0. The molecule has 1 aliphatic heterocycles. The summed E-state index contributed by atoms with van der Waals surface area (Å²) in [6.07, 6.45) is 3.78. The van der Waals surface area contributed by atoms with Crippen molar-refractivity contribution in [3.8, 4) is 0 Å². The molecule has 0 saturated carbocycles. The van der Waals surface area contributed by atoms with E-state index in [9.17, 15) is 4.79 Å². The van der Waals surface area contributed by atoms with Crippen LogP contribution in [0.4, 0.5) is 0 Å². The summed E-state index contributed by atoms with van der Waals surface area (Å²) in [6, 6.07) is 0. The van der Waals surface area contributed by atoms with Gasteiger partial charge in [-0.2, -0.15) is 0 Å². The van der Waals surface area contributed by atoms with Gasteiger partial charge in [0.1, 0.15) is 5.78 Å². The molecule has 0 aromatic rings. The molecule has 1 unspecified atom stereocenters. The van der Waals surface area contributed by atoms with Crippen LogP contribution in [-0.4, -0.2) is 29.3 Å². The number of nitrogens with zero attached hydrogens (tertiary/aromatic N) is 1. The molecular formula is C16H31NO. The molecule has 106 valence electrons. The number of likely N-dealkylation sites (tertiary alicyclic amines) is 1. The average Bonchev–Trinajstić information content (AvgIpc) is 2.20. The van der Waals surface area contributed by atoms with Crippen molar-refractivity contribution in [2.75, 3.05) is 13.1 Å². The molecule has 1 atom stereocenters. The Labute approximate surface area is 113 Å². The van der Waals surface area contributed by atoms with Gasteiger partial charge < -0.3 is 0 Å². The molecule has 2 nitrogen and oxygen atoms in total. The van der Waals surface area contributed by atoms with Gasteiger partial charge in [0.15, 0.2) is 0 Å². The van der Waals surface area contributed by atoms with Crippen LogP contribution in [0.5, 0.6) is 0 Å². The summed E-state index contributed by atoms with van der Waals surface area (Å²) in [5.41, 5.74) is 0.440. The monoisotopic (exact) mass is 253 g/mol. The number of rotatable bonds is 5. The van der Waals surface area contributed by atoms with E-state index in [0.29, 0.717) is 23.5 Å². The van der Waals surface area contributed by atoms with Crippen LogP contribution in [0.2, 0.25) is 0 Å². The average molecular weight is 253 g/mol. The Morgan fingerprint density at radius 1 is 1.28 bits per heavy atom. The van der Waals surface area contributed by atoms with Crippen molar-refractivity contribution in [1.82, 2.24) is 4.90 Å². The summed E-state index contributed by atoms with van der Waals surface area (Å²) in [5.74, 6) is 1.08. The fourth-order valence-electron chi connectivity index (χ4n) is 3.42. The summed E-state index contributed by atoms with van der Waals surface area (Å²) >= 11 is 0. The quantitative estimate of drug-likeness (QED) is 0.741. The molecule has 0 amide bonds. The third-order valence-corrected chi connectivity index (χ3v) is 4.24. The summed E-state index contributed by atoms with van der Waals surface area (Å²) in [7, 11) is 0. The molecule has 0 spiro atoms. The largest absolute Gasteiger partial charge is 0.300 e. The van der Waals surface area contributed by atoms with Gasteiger partial charge in [-0.05, 0) is 37.6 Å². The Morgan fingerprint density at radius 2 is 1.89 bits per heavy atom. The number of carbonyl (C=O) groups excluding carboxylic acids is 1. The molecule has 1 rings (SSSR count). The fraction of sp³-hybridized carbons (Fsp3) is 0.938. The highest BCUT2D eigenvalue weighted by Gasteiger charge is 2.42. The Kier molecular flexibility index (Phi) is 4.99. The van der Waals surface area contributed by atoms with Crippen LogP contribution in [0.3, 0.4) is 0 Å². The molecule has 1 saturated heterocycles. The SMILES string of the molecule is CCC(=O)CC1(C)CC(C)(C)CCN1CC(C)C. The van der Waals surface area contributed by atoms with Crippen LogP contribution in [0.1, 0.15) is 67.2 Å². The van der Waals surface area contributed by atoms with Crippen LogP contribution in [0, 0.1) is 11.3 Å². The van der Waals surface area contributed by atoms with Gasteiger partial charge in [0.05, 0.1) is 0 Å². The van der Waals surface area contributed by atoms with Gasteiger partial charge in [-0.15, -0.1) is 0 Å². The van der Waals surface area contributed by atoms with Crippen molar-refractivity contribution in [3.63, 3.8) is 0 Å². The van der Waals surface area contributed by atoms with E-state index in [1.807, 2.05) is 6.92 Å². The molecule has 2 heteroatoms. The molecule has 0 aromatic heterocycles. The predicted octanol–water partition coefficient (Wildman–Crippen LogP) is 3.89. The number of ketones is 1. The molecule has 1 aliphatic rings. The van der Waals surface area contributed by atoms with Crippen molar-refractivity contribution in [2.24, 2.45) is 11.3 Å². The summed E-state index contributed by atoms with van der Waals surface area (Å²) in [6.45, 7) is 15.7. The van der Waals surface area contributed by atoms with E-state index in [-0.39, 0.29) is 5.54 Å². The van der Waals surface area contributed by atoms with Gasteiger partial charge in [-0.25, -0.2) is 0 Å². The van der Waals surface area contributed by atoms with Crippen molar-refractivity contribution >= 4 is 5.78 Å². The fourth-order valence-corrected chi connectivity index (χ4v) is 3.42. The minimum Gasteiger partial charge on any atom is -0.300 e. The van der Waals surface area contributed by atoms with E-state index in [2.05, 4.69) is 39.5 Å². The smallest absolute Gasteiger partial charge is 0.134 e. The van der Waals surface area contributed by atoms with Crippen molar-refractivity contribution < 1.29 is 4.79 Å². The van der Waals surface area contributed by atoms with Crippen molar-refractivity contribution in [1.29, 1.82) is 0 Å². The van der Waals surface area contributed by atoms with Gasteiger partial charge in [0.2, 0.25) is 0 Å². The lowest BCUT2D eigenvalue weighted by Crippen LogP contribution is -2.56. The van der Waals surface area contributed by atoms with Gasteiger partial charge >= 0.3 is 0 Å². The molecule has 1 heterocycles. The molecule has 0 N–H and O–H groups in total. The zero-order valence-electron chi connectivity index (χ0n) is 13.2. The number of Topliss-reactive ketones (excluding diaryl/α,β-unsaturated/α-hetero) is 1. The van der Waals surface area contributed by atoms with Crippen LogP contribution in [-0.2, 0) is 4.79 Å². The minimum atomic E-state index is 0.0686. The van der Waals surface area contributed by atoms with E-state index < -0.39 is 0 Å². The number of carbonyl (C=O) groups is 1. The lowest BCUT2D eigenvalue weighted by molar-refractivity contribution is -0.123. The Morgan fingerprint density at radius 3 is 2.39 bits per heavy atom. The van der Waals surface area contributed by atoms with Crippen LogP contribution < -0.4 is 0 Å². The molecule has 0 bridgehead atoms. The second-order valence-electron chi connectivity index (χ2n) is 7.50. The van der Waals surface area contributed by atoms with E-state index in [1.165, 1.54) is 6.42 Å². The van der Waals surface area contributed by atoms with Crippen LogP contribution in [0.15, 0.2) is 0 Å². The second-order valence-corrected chi connectivity index (χ2v) is 7.50. The molecule has 18 heavy (non-hydrogen) atoms. The highest BCUT2D eigenvalue weighted by molar-refractivity contribution is 5.79. The van der Waals surface area contributed by atoms with Gasteiger partial charge in [-0.1, -0.05) is 34.6 Å². The predicted molar refractivity (Wildman–Crippen MR) is 77.7 cm³/mol. The molecule has 0 radical (unpaired) electrons. The Bertz CT molecular complexity index is 295. The van der Waals surface area contributed by atoms with E-state index in [4.69, 9.17) is 0 Å². The third kappa shape index (κ3) is 4.08. The lowest BCUT2D eigenvalue weighted by atomic mass is 9.70. The first-order chi connectivity index (χ1) is 8.18. The molecular weight excluding hydrogens is 222 g/mol. The lowest BCUT2D eigenvalue weighted by Gasteiger charge is -2.51. The van der Waals surface area contributed by atoms with Gasteiger partial charge in [0.25, 0.3) is 0 Å². The molecule has 0 aliphatic carbocycles. The maximum atomic E-state index is 11.9. The van der Waals surface area contributed by atoms with Crippen molar-refractivity contribution in [3.05, 3.63) is 0 Å². The van der Waals surface area contributed by atoms with E-state index >= 15 is 0 Å². The highest BCUT2D eigenvalue weighted by Crippen LogP contribution is 2.42. The number of piperidine rings is 1. The van der Waals surface area contributed by atoms with Gasteiger partial charge in [0, 0.05) is 24.9 Å². The topological polar surface area (TPSA) is 20.3 Å². The maximum Gasteiger partial charge on any atom is 0.134 e. The van der Waals surface area contributed by atoms with Crippen LogP contribution >= 0.6 is 0 Å². The normalized spacial score (nSPS) is 28.6. The third-order valence-electron chi connectivity index (χ3n) is 4.24. The zero-order chi connectivity index (χ0) is 14.0. The second kappa shape index (κ2) is 5.73. The number of hydrogen-bond donors (Lipinski definition) is 0. The zero-order valence-corrected chi connectivity index (χ0v) is 13.2. The van der Waals surface area contributed by atoms with Crippen LogP contribution in [0.25, 0.3) is 0 Å². The van der Waals surface area contributed by atoms with Gasteiger partial charge in [-0.3, -0.25) is 9.69 Å². The van der Waals surface area contributed by atoms with E-state index in [1.54, 1.807) is 0 Å². The highest BCUT2D eigenvalue weighted by atomic mass is 16.1. The minimum absolute atomic E-state index is 0.0686. The molecule has 0 aromatic carbocycles. The first kappa shape index (κ1) is 15.7. The Balaban J connectivity index is 2.85. The first-order valence-electron chi connectivity index (χ1n) is 7.45. The van der Waals surface area contributed by atoms with Crippen molar-refractivity contribution in [2.45, 2.75) is 72.8 Å². The first-order valence-corrected chi connectivity index (χ1v) is 7.45. The maximum absolute atomic E-state index is 11.9. The standard InChI is InChI=1S/C16H31NO/c1-7-14(18)10-16(6)12-15(4,5)8-9-17(16)11-13(2)3/h13H,7-12H2,1-6H3.